The third-order valence-electron chi connectivity index (χ3n) is 4.64. The third-order valence-corrected chi connectivity index (χ3v) is 4.64. The molecule has 0 aromatic heterocycles. The van der Waals surface area contributed by atoms with E-state index in [0.29, 0.717) is 18.0 Å². The molecule has 2 fully saturated rings. The predicted molar refractivity (Wildman–Crippen MR) is 85.0 cm³/mol. The number of piperazine rings is 1. The first-order chi connectivity index (χ1) is 9.65. The van der Waals surface area contributed by atoms with Crippen molar-refractivity contribution < 1.29 is 0 Å². The number of rotatable bonds is 4. The minimum Gasteiger partial charge on any atom is -0.370 e. The molecule has 20 heavy (non-hydrogen) atoms. The molecule has 1 atom stereocenters. The first kappa shape index (κ1) is 15.6. The zero-order chi connectivity index (χ0) is 14.4. The second kappa shape index (κ2) is 7.84. The van der Waals surface area contributed by atoms with Gasteiger partial charge >= 0.3 is 0 Å². The molecule has 0 spiro atoms. The minimum absolute atomic E-state index is 0.482. The van der Waals surface area contributed by atoms with Crippen LogP contribution in [0.1, 0.15) is 39.0 Å². The number of hydrogen-bond donors (Lipinski definition) is 2. The van der Waals surface area contributed by atoms with Gasteiger partial charge in [-0.2, -0.15) is 0 Å². The van der Waals surface area contributed by atoms with Crippen molar-refractivity contribution in [2.45, 2.75) is 51.1 Å². The summed E-state index contributed by atoms with van der Waals surface area (Å²) in [5, 5.41) is 3.39. The molecule has 1 unspecified atom stereocenters. The smallest absolute Gasteiger partial charge is 0.188 e. The Balaban J connectivity index is 1.70. The van der Waals surface area contributed by atoms with E-state index in [2.05, 4.69) is 34.1 Å². The third kappa shape index (κ3) is 4.94. The molecule has 3 N–H and O–H groups in total. The maximum Gasteiger partial charge on any atom is 0.188 e. The van der Waals surface area contributed by atoms with Gasteiger partial charge in [0.1, 0.15) is 0 Å². The van der Waals surface area contributed by atoms with E-state index in [0.717, 1.165) is 32.7 Å². The van der Waals surface area contributed by atoms with Crippen molar-refractivity contribution in [2.75, 3.05) is 39.8 Å². The van der Waals surface area contributed by atoms with Gasteiger partial charge in [0, 0.05) is 38.3 Å². The minimum atomic E-state index is 0.482. The van der Waals surface area contributed by atoms with Crippen molar-refractivity contribution in [1.82, 2.24) is 15.1 Å². The first-order valence-corrected chi connectivity index (χ1v) is 8.14. The zero-order valence-electron chi connectivity index (χ0n) is 13.1. The molecule has 0 amide bonds. The molecule has 5 heteroatoms. The summed E-state index contributed by atoms with van der Waals surface area (Å²) in [6.45, 7) is 7.65. The molecule has 116 valence electrons. The molecule has 1 heterocycles. The van der Waals surface area contributed by atoms with E-state index < -0.39 is 0 Å². The number of nitrogens with two attached hydrogens (primary N) is 1. The Hall–Kier alpha value is -0.810. The summed E-state index contributed by atoms with van der Waals surface area (Å²) >= 11 is 0. The van der Waals surface area contributed by atoms with Crippen LogP contribution in [0.5, 0.6) is 0 Å². The monoisotopic (exact) mass is 281 g/mol. The Kier molecular flexibility index (Phi) is 6.10. The summed E-state index contributed by atoms with van der Waals surface area (Å²) < 4.78 is 0. The highest BCUT2D eigenvalue weighted by Gasteiger charge is 2.19. The van der Waals surface area contributed by atoms with Gasteiger partial charge in [-0.3, -0.25) is 9.89 Å². The van der Waals surface area contributed by atoms with E-state index in [-0.39, 0.29) is 0 Å². The molecule has 1 saturated carbocycles. The normalized spacial score (nSPS) is 25.6. The lowest BCUT2D eigenvalue weighted by molar-refractivity contribution is 0.122. The molecule has 2 rings (SSSR count). The van der Waals surface area contributed by atoms with Crippen LogP contribution in [-0.4, -0.2) is 67.6 Å². The topological polar surface area (TPSA) is 56.9 Å². The summed E-state index contributed by atoms with van der Waals surface area (Å²) in [5.41, 5.74) is 6.02. The van der Waals surface area contributed by atoms with Gasteiger partial charge in [-0.25, -0.2) is 0 Å². The number of aliphatic imine (C=N–C) groups is 1. The van der Waals surface area contributed by atoms with Crippen LogP contribution in [0.3, 0.4) is 0 Å². The van der Waals surface area contributed by atoms with Crippen LogP contribution < -0.4 is 11.1 Å². The Bertz CT molecular complexity index is 303. The average Bonchev–Trinajstić information content (AvgIpc) is 2.46. The van der Waals surface area contributed by atoms with Gasteiger partial charge in [0.15, 0.2) is 5.96 Å². The standard InChI is InChI=1S/C15H31N5/c1-13(20-10-8-19(2)9-11-20)12-17-15(16)18-14-6-4-3-5-7-14/h13-14H,3-12H2,1-2H3,(H3,16,17,18). The van der Waals surface area contributed by atoms with Crippen molar-refractivity contribution in [3.05, 3.63) is 0 Å². The summed E-state index contributed by atoms with van der Waals surface area (Å²) in [6.07, 6.45) is 6.50. The van der Waals surface area contributed by atoms with Crippen LogP contribution in [0.4, 0.5) is 0 Å². The molecule has 5 nitrogen and oxygen atoms in total. The van der Waals surface area contributed by atoms with Gasteiger partial charge < -0.3 is 16.0 Å². The Morgan fingerprint density at radius 3 is 2.50 bits per heavy atom. The fourth-order valence-corrected chi connectivity index (χ4v) is 3.11. The van der Waals surface area contributed by atoms with Crippen LogP contribution in [0.15, 0.2) is 4.99 Å². The Morgan fingerprint density at radius 2 is 1.85 bits per heavy atom. The van der Waals surface area contributed by atoms with Crippen molar-refractivity contribution in [3.8, 4) is 0 Å². The van der Waals surface area contributed by atoms with Gasteiger partial charge in [-0.15, -0.1) is 0 Å². The van der Waals surface area contributed by atoms with E-state index in [9.17, 15) is 0 Å². The fourth-order valence-electron chi connectivity index (χ4n) is 3.11. The van der Waals surface area contributed by atoms with Crippen molar-refractivity contribution in [3.63, 3.8) is 0 Å². The number of likely N-dealkylation sites (N-methyl/N-ethyl adjacent to an activating group) is 1. The molecular weight excluding hydrogens is 250 g/mol. The zero-order valence-corrected chi connectivity index (χ0v) is 13.1. The Labute approximate surface area is 123 Å². The lowest BCUT2D eigenvalue weighted by Gasteiger charge is -2.35. The van der Waals surface area contributed by atoms with Crippen LogP contribution in [-0.2, 0) is 0 Å². The molecule has 0 radical (unpaired) electrons. The Morgan fingerprint density at radius 1 is 1.20 bits per heavy atom. The molecular formula is C15H31N5. The maximum atomic E-state index is 6.02. The highest BCUT2D eigenvalue weighted by molar-refractivity contribution is 5.78. The molecule has 0 aromatic carbocycles. The second-order valence-electron chi connectivity index (χ2n) is 6.39. The number of nitrogens with zero attached hydrogens (tertiary/aromatic N) is 3. The van der Waals surface area contributed by atoms with Crippen LogP contribution >= 0.6 is 0 Å². The molecule has 1 saturated heterocycles. The molecule has 0 bridgehead atoms. The van der Waals surface area contributed by atoms with E-state index in [4.69, 9.17) is 5.73 Å². The SMILES string of the molecule is CC(CN=C(N)NC1CCCCC1)N1CCN(C)CC1. The van der Waals surface area contributed by atoms with Crippen LogP contribution in [0, 0.1) is 0 Å². The highest BCUT2D eigenvalue weighted by Crippen LogP contribution is 2.17. The summed E-state index contributed by atoms with van der Waals surface area (Å²) in [6, 6.07) is 1.03. The molecule has 1 aliphatic heterocycles. The van der Waals surface area contributed by atoms with Crippen molar-refractivity contribution in [2.24, 2.45) is 10.7 Å². The van der Waals surface area contributed by atoms with Gasteiger partial charge in [0.25, 0.3) is 0 Å². The van der Waals surface area contributed by atoms with E-state index in [1.165, 1.54) is 32.1 Å². The average molecular weight is 281 g/mol. The van der Waals surface area contributed by atoms with Crippen LogP contribution in [0.2, 0.25) is 0 Å². The highest BCUT2D eigenvalue weighted by atomic mass is 15.3. The van der Waals surface area contributed by atoms with Gasteiger partial charge in [0.2, 0.25) is 0 Å². The van der Waals surface area contributed by atoms with Gasteiger partial charge in [0.05, 0.1) is 6.54 Å². The molecule has 1 aliphatic carbocycles. The molecule has 2 aliphatic rings. The van der Waals surface area contributed by atoms with Crippen molar-refractivity contribution in [1.29, 1.82) is 0 Å². The van der Waals surface area contributed by atoms with Crippen LogP contribution in [0.25, 0.3) is 0 Å². The van der Waals surface area contributed by atoms with E-state index in [1.54, 1.807) is 0 Å². The quantitative estimate of drug-likeness (QED) is 0.593. The van der Waals surface area contributed by atoms with Gasteiger partial charge in [-0.05, 0) is 26.8 Å². The number of hydrogen-bond acceptors (Lipinski definition) is 3. The fraction of sp³-hybridized carbons (Fsp3) is 0.933. The van der Waals surface area contributed by atoms with E-state index in [1.807, 2.05) is 0 Å². The largest absolute Gasteiger partial charge is 0.370 e. The number of nitrogens with one attached hydrogen (secondary N) is 1. The maximum absolute atomic E-state index is 6.02. The van der Waals surface area contributed by atoms with Crippen molar-refractivity contribution >= 4 is 5.96 Å². The van der Waals surface area contributed by atoms with E-state index >= 15 is 0 Å². The summed E-state index contributed by atoms with van der Waals surface area (Å²) in [7, 11) is 2.19. The first-order valence-electron chi connectivity index (χ1n) is 8.14. The molecule has 0 aromatic rings. The predicted octanol–water partition coefficient (Wildman–Crippen LogP) is 0.859. The van der Waals surface area contributed by atoms with Gasteiger partial charge in [-0.1, -0.05) is 19.3 Å². The summed E-state index contributed by atoms with van der Waals surface area (Å²) in [5.74, 6) is 0.637. The lowest BCUT2D eigenvalue weighted by Crippen LogP contribution is -2.49. The lowest BCUT2D eigenvalue weighted by atomic mass is 9.96. The summed E-state index contributed by atoms with van der Waals surface area (Å²) in [4.78, 5) is 9.43. The number of guanidine groups is 1. The second-order valence-corrected chi connectivity index (χ2v) is 6.39.